The molecule has 0 bridgehead atoms. The second-order valence-corrected chi connectivity index (χ2v) is 7.65. The van der Waals surface area contributed by atoms with E-state index in [2.05, 4.69) is 26.1 Å². The maximum atomic E-state index is 12.5. The Labute approximate surface area is 153 Å². The number of hydrogen-bond acceptors (Lipinski definition) is 4. The van der Waals surface area contributed by atoms with Crippen molar-refractivity contribution in [2.24, 2.45) is 0 Å². The van der Waals surface area contributed by atoms with E-state index in [-0.39, 0.29) is 11.1 Å². The number of rotatable bonds is 5. The first-order chi connectivity index (χ1) is 12.0. The molecule has 0 atom stereocenters. The number of carbonyl (C=O) groups is 1. The zero-order valence-corrected chi connectivity index (χ0v) is 15.7. The number of nitro groups is 1. The summed E-state index contributed by atoms with van der Waals surface area (Å²) in [6.07, 6.45) is 0. The Morgan fingerprint density at radius 3 is 2.19 bits per heavy atom. The van der Waals surface area contributed by atoms with Crippen molar-refractivity contribution in [3.8, 4) is 5.75 Å². The molecule has 2 rings (SSSR count). The number of carbonyl (C=O) groups excluding carboxylic acids is 1. The average molecular weight is 356 g/mol. The fourth-order valence-electron chi connectivity index (χ4n) is 2.34. The van der Waals surface area contributed by atoms with E-state index in [1.54, 1.807) is 19.9 Å². The molecular formula is C20H24N2O4. The van der Waals surface area contributed by atoms with Gasteiger partial charge in [-0.3, -0.25) is 14.9 Å². The van der Waals surface area contributed by atoms with Crippen LogP contribution in [0.4, 0.5) is 11.4 Å². The van der Waals surface area contributed by atoms with Crippen LogP contribution in [-0.2, 0) is 10.2 Å². The zero-order valence-electron chi connectivity index (χ0n) is 15.7. The number of ether oxygens (including phenoxy) is 1. The number of anilines is 1. The van der Waals surface area contributed by atoms with Gasteiger partial charge in [-0.05, 0) is 43.0 Å². The van der Waals surface area contributed by atoms with Gasteiger partial charge in [-0.2, -0.15) is 0 Å². The van der Waals surface area contributed by atoms with Gasteiger partial charge in [0.25, 0.3) is 11.6 Å². The van der Waals surface area contributed by atoms with Crippen molar-refractivity contribution in [2.75, 3.05) is 5.32 Å². The number of hydrogen-bond donors (Lipinski definition) is 1. The van der Waals surface area contributed by atoms with Gasteiger partial charge in [0.2, 0.25) is 0 Å². The van der Waals surface area contributed by atoms with E-state index in [1.807, 2.05) is 24.3 Å². The van der Waals surface area contributed by atoms with E-state index in [0.717, 1.165) is 0 Å². The molecule has 0 unspecified atom stereocenters. The predicted octanol–water partition coefficient (Wildman–Crippen LogP) is 4.69. The molecule has 2 aromatic carbocycles. The molecule has 0 saturated carbocycles. The van der Waals surface area contributed by atoms with Crippen molar-refractivity contribution in [3.63, 3.8) is 0 Å². The second-order valence-electron chi connectivity index (χ2n) is 7.65. The van der Waals surface area contributed by atoms with Gasteiger partial charge in [-0.25, -0.2) is 0 Å². The van der Waals surface area contributed by atoms with Crippen molar-refractivity contribution in [1.82, 2.24) is 0 Å². The van der Waals surface area contributed by atoms with Gasteiger partial charge in [0, 0.05) is 17.8 Å². The standard InChI is InChI=1S/C20H24N2O4/c1-19(2,3)14-9-11-17(12-10-14)26-20(4,5)18(23)21-15-7-6-8-16(13-15)22(24)25/h6-13H,1-5H3,(H,21,23). The molecule has 0 radical (unpaired) electrons. The Morgan fingerprint density at radius 1 is 1.04 bits per heavy atom. The first-order valence-electron chi connectivity index (χ1n) is 8.34. The quantitative estimate of drug-likeness (QED) is 0.622. The number of nitrogens with one attached hydrogen (secondary N) is 1. The van der Waals surface area contributed by atoms with Gasteiger partial charge in [0.1, 0.15) is 5.75 Å². The highest BCUT2D eigenvalue weighted by atomic mass is 16.6. The first kappa shape index (κ1) is 19.4. The van der Waals surface area contributed by atoms with Crippen molar-refractivity contribution in [3.05, 3.63) is 64.2 Å². The summed E-state index contributed by atoms with van der Waals surface area (Å²) in [5.41, 5.74) is 0.327. The van der Waals surface area contributed by atoms with Gasteiger partial charge in [0.15, 0.2) is 5.60 Å². The van der Waals surface area contributed by atoms with Gasteiger partial charge >= 0.3 is 0 Å². The molecule has 0 aliphatic rings. The van der Waals surface area contributed by atoms with Crippen LogP contribution in [0.1, 0.15) is 40.2 Å². The third-order valence-corrected chi connectivity index (χ3v) is 3.96. The average Bonchev–Trinajstić information content (AvgIpc) is 2.54. The second kappa shape index (κ2) is 7.15. The van der Waals surface area contributed by atoms with Crippen LogP contribution in [0.15, 0.2) is 48.5 Å². The molecule has 0 fully saturated rings. The number of nitrogens with zero attached hydrogens (tertiary/aromatic N) is 1. The van der Waals surface area contributed by atoms with Crippen LogP contribution in [0.2, 0.25) is 0 Å². The topological polar surface area (TPSA) is 81.5 Å². The SMILES string of the molecule is CC(C)(Oc1ccc(C(C)(C)C)cc1)C(=O)Nc1cccc([N+](=O)[O-])c1. The highest BCUT2D eigenvalue weighted by molar-refractivity contribution is 5.97. The number of non-ortho nitro benzene ring substituents is 1. The number of amides is 1. The maximum Gasteiger partial charge on any atom is 0.271 e. The van der Waals surface area contributed by atoms with E-state index in [9.17, 15) is 14.9 Å². The van der Waals surface area contributed by atoms with Gasteiger partial charge in [-0.15, -0.1) is 0 Å². The van der Waals surface area contributed by atoms with Crippen LogP contribution >= 0.6 is 0 Å². The Kier molecular flexibility index (Phi) is 5.35. The maximum absolute atomic E-state index is 12.5. The van der Waals surface area contributed by atoms with Crippen molar-refractivity contribution in [2.45, 2.75) is 45.6 Å². The minimum atomic E-state index is -1.14. The summed E-state index contributed by atoms with van der Waals surface area (Å²) in [5, 5.41) is 13.5. The molecule has 6 nitrogen and oxygen atoms in total. The third kappa shape index (κ3) is 4.81. The summed E-state index contributed by atoms with van der Waals surface area (Å²) in [4.78, 5) is 22.9. The summed E-state index contributed by atoms with van der Waals surface area (Å²) in [7, 11) is 0. The molecule has 2 aromatic rings. The van der Waals surface area contributed by atoms with Crippen LogP contribution in [0, 0.1) is 10.1 Å². The summed E-state index contributed by atoms with van der Waals surface area (Å²) in [5.74, 6) is 0.190. The Hall–Kier alpha value is -2.89. The van der Waals surface area contributed by atoms with Crippen LogP contribution < -0.4 is 10.1 Å². The molecule has 6 heteroatoms. The number of nitro benzene ring substituents is 1. The van der Waals surface area contributed by atoms with Crippen LogP contribution in [0.5, 0.6) is 5.75 Å². The minimum Gasteiger partial charge on any atom is -0.478 e. The van der Waals surface area contributed by atoms with E-state index in [4.69, 9.17) is 4.74 Å². The molecule has 1 amide bonds. The summed E-state index contributed by atoms with van der Waals surface area (Å²) < 4.78 is 5.84. The Balaban J connectivity index is 2.10. The summed E-state index contributed by atoms with van der Waals surface area (Å²) >= 11 is 0. The lowest BCUT2D eigenvalue weighted by atomic mass is 9.87. The first-order valence-corrected chi connectivity index (χ1v) is 8.34. The molecule has 138 valence electrons. The lowest BCUT2D eigenvalue weighted by Gasteiger charge is -2.26. The molecule has 0 saturated heterocycles. The zero-order chi connectivity index (χ0) is 19.5. The monoisotopic (exact) mass is 356 g/mol. The summed E-state index contributed by atoms with van der Waals surface area (Å²) in [6.45, 7) is 9.67. The van der Waals surface area contributed by atoms with Crippen molar-refractivity contribution < 1.29 is 14.5 Å². The molecule has 1 N–H and O–H groups in total. The van der Waals surface area contributed by atoms with E-state index in [1.165, 1.54) is 23.8 Å². The Morgan fingerprint density at radius 2 is 1.65 bits per heavy atom. The fourth-order valence-corrected chi connectivity index (χ4v) is 2.34. The molecule has 26 heavy (non-hydrogen) atoms. The van der Waals surface area contributed by atoms with E-state index in [0.29, 0.717) is 11.4 Å². The summed E-state index contributed by atoms with van der Waals surface area (Å²) in [6, 6.07) is 13.4. The van der Waals surface area contributed by atoms with Crippen LogP contribution in [-0.4, -0.2) is 16.4 Å². The number of benzene rings is 2. The highest BCUT2D eigenvalue weighted by Crippen LogP contribution is 2.26. The van der Waals surface area contributed by atoms with Crippen LogP contribution in [0.3, 0.4) is 0 Å². The molecule has 0 aliphatic heterocycles. The van der Waals surface area contributed by atoms with Gasteiger partial charge < -0.3 is 10.1 Å². The fraction of sp³-hybridized carbons (Fsp3) is 0.350. The lowest BCUT2D eigenvalue weighted by Crippen LogP contribution is -2.42. The largest absolute Gasteiger partial charge is 0.478 e. The molecule has 0 heterocycles. The smallest absolute Gasteiger partial charge is 0.271 e. The molecule has 0 aliphatic carbocycles. The predicted molar refractivity (Wildman–Crippen MR) is 102 cm³/mol. The Bertz CT molecular complexity index is 805. The van der Waals surface area contributed by atoms with E-state index >= 15 is 0 Å². The van der Waals surface area contributed by atoms with Crippen molar-refractivity contribution in [1.29, 1.82) is 0 Å². The highest BCUT2D eigenvalue weighted by Gasteiger charge is 2.30. The van der Waals surface area contributed by atoms with Gasteiger partial charge in [-0.1, -0.05) is 39.0 Å². The third-order valence-electron chi connectivity index (χ3n) is 3.96. The van der Waals surface area contributed by atoms with Gasteiger partial charge in [0.05, 0.1) is 4.92 Å². The molecular weight excluding hydrogens is 332 g/mol. The van der Waals surface area contributed by atoms with Crippen molar-refractivity contribution >= 4 is 17.3 Å². The van der Waals surface area contributed by atoms with E-state index < -0.39 is 16.4 Å². The molecule has 0 aromatic heterocycles. The molecule has 0 spiro atoms. The lowest BCUT2D eigenvalue weighted by molar-refractivity contribution is -0.384. The minimum absolute atomic E-state index is 0.0352. The normalized spacial score (nSPS) is 11.7. The van der Waals surface area contributed by atoms with Crippen LogP contribution in [0.25, 0.3) is 0 Å².